The second-order valence-corrected chi connectivity index (χ2v) is 9.48. The molecule has 4 rings (SSSR count). The molecule has 0 unspecified atom stereocenters. The van der Waals surface area contributed by atoms with Gasteiger partial charge >= 0.3 is 12.3 Å². The standard InChI is InChI=1S/C31H32O8/c1-4-6-10-16-36-30(34)38-28-22-13-9-8-12-20(22)26(32)25-24(28)27(33)21-15-14-19(3)18-23(21)29(25)39-31(35)37-17-11-7-5-2/h8-9,12-15,18H,4-7,10-11,16-17H2,1-3H3. The molecular formula is C31H32O8. The predicted molar refractivity (Wildman–Crippen MR) is 144 cm³/mol. The molecule has 0 aromatic heterocycles. The van der Waals surface area contributed by atoms with E-state index in [1.165, 1.54) is 0 Å². The number of benzene rings is 2. The topological polar surface area (TPSA) is 105 Å². The van der Waals surface area contributed by atoms with Crippen LogP contribution >= 0.6 is 0 Å². The Bertz CT molecular complexity index is 1360. The summed E-state index contributed by atoms with van der Waals surface area (Å²) in [6, 6.07) is 11.5. The maximum absolute atomic E-state index is 13.8. The van der Waals surface area contributed by atoms with Gasteiger partial charge in [0.25, 0.3) is 0 Å². The number of unbranched alkanes of at least 4 members (excludes halogenated alkanes) is 4. The summed E-state index contributed by atoms with van der Waals surface area (Å²) in [4.78, 5) is 53.0. The van der Waals surface area contributed by atoms with Crippen molar-refractivity contribution in [2.75, 3.05) is 13.2 Å². The van der Waals surface area contributed by atoms with Crippen molar-refractivity contribution >= 4 is 35.4 Å². The average Bonchev–Trinajstić information content (AvgIpc) is 2.93. The van der Waals surface area contributed by atoms with Crippen LogP contribution in [0, 0.1) is 6.92 Å². The average molecular weight is 533 g/mol. The lowest BCUT2D eigenvalue weighted by molar-refractivity contribution is 0.0842. The van der Waals surface area contributed by atoms with Crippen LogP contribution in [-0.2, 0) is 18.9 Å². The molecule has 0 fully saturated rings. The zero-order valence-electron chi connectivity index (χ0n) is 22.5. The first-order valence-corrected chi connectivity index (χ1v) is 13.3. The van der Waals surface area contributed by atoms with E-state index in [-0.39, 0.29) is 52.6 Å². The SMILES string of the molecule is CCCCCOC(=O)OC1=C2C(=O)c3ccc(C)cc3C(OC(=O)OCCCCC)=C2C(=O)c2ccccc21. The minimum Gasteiger partial charge on any atom is -0.434 e. The first kappa shape index (κ1) is 27.8. The fraction of sp³-hybridized carbons (Fsp3) is 0.355. The van der Waals surface area contributed by atoms with Gasteiger partial charge in [-0.05, 0) is 25.8 Å². The van der Waals surface area contributed by atoms with Gasteiger partial charge in [-0.2, -0.15) is 0 Å². The van der Waals surface area contributed by atoms with Crippen LogP contribution in [-0.4, -0.2) is 37.1 Å². The Kier molecular flexibility index (Phi) is 8.96. The van der Waals surface area contributed by atoms with Gasteiger partial charge in [-0.1, -0.05) is 81.5 Å². The molecule has 8 heteroatoms. The van der Waals surface area contributed by atoms with Gasteiger partial charge in [-0.15, -0.1) is 0 Å². The van der Waals surface area contributed by atoms with E-state index in [4.69, 9.17) is 18.9 Å². The van der Waals surface area contributed by atoms with E-state index in [0.29, 0.717) is 18.4 Å². The molecule has 0 N–H and O–H groups in total. The van der Waals surface area contributed by atoms with Crippen molar-refractivity contribution in [3.63, 3.8) is 0 Å². The van der Waals surface area contributed by atoms with E-state index in [1.807, 2.05) is 20.8 Å². The molecule has 0 aliphatic heterocycles. The van der Waals surface area contributed by atoms with Crippen LogP contribution in [0.4, 0.5) is 9.59 Å². The highest BCUT2D eigenvalue weighted by Crippen LogP contribution is 2.45. The Balaban J connectivity index is 1.83. The summed E-state index contributed by atoms with van der Waals surface area (Å²) in [6.07, 6.45) is 3.04. The third-order valence-corrected chi connectivity index (χ3v) is 6.55. The minimum absolute atomic E-state index is 0.110. The molecule has 204 valence electrons. The van der Waals surface area contributed by atoms with Crippen LogP contribution in [0.25, 0.3) is 11.5 Å². The molecule has 0 atom stereocenters. The Morgan fingerprint density at radius 1 is 0.641 bits per heavy atom. The molecule has 0 spiro atoms. The first-order chi connectivity index (χ1) is 18.9. The Hall–Kier alpha value is -4.20. The molecule has 8 nitrogen and oxygen atoms in total. The highest BCUT2D eigenvalue weighted by atomic mass is 16.7. The molecule has 0 bridgehead atoms. The second kappa shape index (κ2) is 12.6. The summed E-state index contributed by atoms with van der Waals surface area (Å²) in [6.45, 7) is 6.20. The Morgan fingerprint density at radius 2 is 1.13 bits per heavy atom. The fourth-order valence-corrected chi connectivity index (χ4v) is 4.57. The molecule has 2 aromatic rings. The lowest BCUT2D eigenvalue weighted by atomic mass is 9.76. The summed E-state index contributed by atoms with van der Waals surface area (Å²) in [5.74, 6) is -1.28. The predicted octanol–water partition coefficient (Wildman–Crippen LogP) is 7.20. The number of hydrogen-bond donors (Lipinski definition) is 0. The number of ketones is 2. The number of Topliss-reactive ketones (excluding diaryl/α,β-unsaturated/α-hetero) is 2. The maximum Gasteiger partial charge on any atom is 0.513 e. The van der Waals surface area contributed by atoms with Gasteiger partial charge in [0.05, 0.1) is 24.4 Å². The van der Waals surface area contributed by atoms with Crippen molar-refractivity contribution < 1.29 is 38.1 Å². The summed E-state index contributed by atoms with van der Waals surface area (Å²) in [7, 11) is 0. The monoisotopic (exact) mass is 532 g/mol. The molecule has 2 aliphatic carbocycles. The number of rotatable bonds is 10. The van der Waals surface area contributed by atoms with Crippen LogP contribution in [0.3, 0.4) is 0 Å². The molecular weight excluding hydrogens is 500 g/mol. The normalized spacial score (nSPS) is 13.9. The summed E-state index contributed by atoms with van der Waals surface area (Å²) in [5.41, 5.74) is 1.45. The Morgan fingerprint density at radius 3 is 1.67 bits per heavy atom. The molecule has 2 aromatic carbocycles. The lowest BCUT2D eigenvalue weighted by Crippen LogP contribution is -2.29. The first-order valence-electron chi connectivity index (χ1n) is 13.3. The van der Waals surface area contributed by atoms with Crippen LogP contribution < -0.4 is 0 Å². The third-order valence-electron chi connectivity index (χ3n) is 6.55. The number of carbonyl (C=O) groups excluding carboxylic acids is 4. The quantitative estimate of drug-likeness (QED) is 0.234. The highest BCUT2D eigenvalue weighted by Gasteiger charge is 2.43. The van der Waals surface area contributed by atoms with Crippen molar-refractivity contribution in [1.29, 1.82) is 0 Å². The van der Waals surface area contributed by atoms with Crippen LogP contribution in [0.5, 0.6) is 0 Å². The van der Waals surface area contributed by atoms with E-state index < -0.39 is 23.9 Å². The molecule has 0 saturated carbocycles. The van der Waals surface area contributed by atoms with Gasteiger partial charge < -0.3 is 18.9 Å². The highest BCUT2D eigenvalue weighted by molar-refractivity contribution is 6.34. The number of aryl methyl sites for hydroxylation is 1. The number of fused-ring (bicyclic) bond motifs is 3. The largest absolute Gasteiger partial charge is 0.513 e. The minimum atomic E-state index is -0.989. The summed E-state index contributed by atoms with van der Waals surface area (Å²) < 4.78 is 21.7. The van der Waals surface area contributed by atoms with E-state index in [2.05, 4.69) is 0 Å². The van der Waals surface area contributed by atoms with Gasteiger partial charge in [0.2, 0.25) is 0 Å². The zero-order chi connectivity index (χ0) is 27.9. The van der Waals surface area contributed by atoms with Gasteiger partial charge in [0.15, 0.2) is 23.1 Å². The molecule has 39 heavy (non-hydrogen) atoms. The smallest absolute Gasteiger partial charge is 0.434 e. The van der Waals surface area contributed by atoms with Gasteiger partial charge in [0, 0.05) is 22.3 Å². The third kappa shape index (κ3) is 5.95. The van der Waals surface area contributed by atoms with Crippen LogP contribution in [0.1, 0.15) is 89.8 Å². The van der Waals surface area contributed by atoms with E-state index >= 15 is 0 Å². The molecule has 0 radical (unpaired) electrons. The summed E-state index contributed by atoms with van der Waals surface area (Å²) in [5, 5.41) is 0. The maximum atomic E-state index is 13.8. The van der Waals surface area contributed by atoms with Crippen molar-refractivity contribution in [3.05, 3.63) is 81.4 Å². The zero-order valence-corrected chi connectivity index (χ0v) is 22.5. The van der Waals surface area contributed by atoms with Crippen LogP contribution in [0.15, 0.2) is 53.6 Å². The number of ether oxygens (including phenoxy) is 4. The number of carbonyl (C=O) groups is 4. The molecule has 0 saturated heterocycles. The molecule has 0 heterocycles. The van der Waals surface area contributed by atoms with Crippen molar-refractivity contribution in [2.45, 2.75) is 59.3 Å². The fourth-order valence-electron chi connectivity index (χ4n) is 4.57. The lowest BCUT2D eigenvalue weighted by Gasteiger charge is -2.29. The van der Waals surface area contributed by atoms with Gasteiger partial charge in [-0.25, -0.2) is 9.59 Å². The van der Waals surface area contributed by atoms with Crippen LogP contribution in [0.2, 0.25) is 0 Å². The number of allylic oxidation sites excluding steroid dienone is 2. The second-order valence-electron chi connectivity index (χ2n) is 9.48. The van der Waals surface area contributed by atoms with E-state index in [9.17, 15) is 19.2 Å². The molecule has 2 aliphatic rings. The van der Waals surface area contributed by atoms with E-state index in [1.54, 1.807) is 42.5 Å². The van der Waals surface area contributed by atoms with Gasteiger partial charge in [0.1, 0.15) is 0 Å². The molecule has 0 amide bonds. The Labute approximate surface area is 227 Å². The van der Waals surface area contributed by atoms with Crippen molar-refractivity contribution in [3.8, 4) is 0 Å². The van der Waals surface area contributed by atoms with Crippen molar-refractivity contribution in [2.24, 2.45) is 0 Å². The number of hydrogen-bond acceptors (Lipinski definition) is 8. The van der Waals surface area contributed by atoms with Crippen molar-refractivity contribution in [1.82, 2.24) is 0 Å². The van der Waals surface area contributed by atoms with Gasteiger partial charge in [-0.3, -0.25) is 9.59 Å². The van der Waals surface area contributed by atoms with E-state index in [0.717, 1.165) is 31.2 Å². The summed E-state index contributed by atoms with van der Waals surface area (Å²) >= 11 is 0.